The van der Waals surface area contributed by atoms with Crippen molar-refractivity contribution in [2.45, 2.75) is 19.1 Å². The topological polar surface area (TPSA) is 102 Å². The summed E-state index contributed by atoms with van der Waals surface area (Å²) in [7, 11) is 1.11. The van der Waals surface area contributed by atoms with Crippen LogP contribution in [0.25, 0.3) is 0 Å². The molecule has 0 aromatic heterocycles. The molecule has 1 aromatic rings. The Bertz CT molecular complexity index is 473. The van der Waals surface area contributed by atoms with Crippen LogP contribution >= 0.6 is 0 Å². The predicted octanol–water partition coefficient (Wildman–Crippen LogP) is 0.929. The van der Waals surface area contributed by atoms with Gasteiger partial charge in [0, 0.05) is 0 Å². The lowest BCUT2D eigenvalue weighted by atomic mass is 10.2. The SMILES string of the molecule is COC(=O)C(CC(=O)O)NC(=O)OCc1ccccc1. The number of alkyl carbamates (subject to hydrolysis) is 1. The number of esters is 1. The lowest BCUT2D eigenvalue weighted by molar-refractivity contribution is -0.148. The average molecular weight is 281 g/mol. The molecule has 0 spiro atoms. The standard InChI is InChI=1S/C13H15NO6/c1-19-12(17)10(7-11(15)16)14-13(18)20-8-9-5-3-2-4-6-9/h2-6,10H,7-8H2,1H3,(H,14,18)(H,15,16). The minimum absolute atomic E-state index is 0.0215. The molecule has 0 saturated heterocycles. The number of aliphatic carboxylic acids is 1. The molecule has 0 radical (unpaired) electrons. The van der Waals surface area contributed by atoms with Crippen LogP contribution in [0.2, 0.25) is 0 Å². The zero-order chi connectivity index (χ0) is 15.0. The Hall–Kier alpha value is -2.57. The Labute approximate surface area is 115 Å². The molecule has 108 valence electrons. The van der Waals surface area contributed by atoms with Crippen LogP contribution in [-0.2, 0) is 25.7 Å². The molecule has 1 amide bonds. The number of carbonyl (C=O) groups is 3. The van der Waals surface area contributed by atoms with Gasteiger partial charge in [-0.05, 0) is 5.56 Å². The Morgan fingerprint density at radius 2 is 1.90 bits per heavy atom. The van der Waals surface area contributed by atoms with Gasteiger partial charge >= 0.3 is 18.0 Å². The maximum atomic E-state index is 11.5. The molecule has 20 heavy (non-hydrogen) atoms. The fourth-order valence-corrected chi connectivity index (χ4v) is 1.42. The molecular weight excluding hydrogens is 266 g/mol. The first kappa shape index (κ1) is 15.5. The van der Waals surface area contributed by atoms with E-state index in [0.29, 0.717) is 0 Å². The molecule has 1 atom stereocenters. The van der Waals surface area contributed by atoms with Crippen LogP contribution in [0.4, 0.5) is 4.79 Å². The van der Waals surface area contributed by atoms with Crippen molar-refractivity contribution in [3.63, 3.8) is 0 Å². The number of methoxy groups -OCH3 is 1. The van der Waals surface area contributed by atoms with Gasteiger partial charge in [-0.1, -0.05) is 30.3 Å². The summed E-state index contributed by atoms with van der Waals surface area (Å²) in [4.78, 5) is 33.4. The van der Waals surface area contributed by atoms with E-state index >= 15 is 0 Å². The van der Waals surface area contributed by atoms with Gasteiger partial charge < -0.3 is 19.9 Å². The van der Waals surface area contributed by atoms with Crippen LogP contribution in [0.1, 0.15) is 12.0 Å². The highest BCUT2D eigenvalue weighted by molar-refractivity contribution is 5.85. The summed E-state index contributed by atoms with van der Waals surface area (Å²) >= 11 is 0. The van der Waals surface area contributed by atoms with Crippen LogP contribution in [0.15, 0.2) is 30.3 Å². The molecule has 0 aliphatic rings. The number of amides is 1. The van der Waals surface area contributed by atoms with Crippen molar-refractivity contribution in [1.29, 1.82) is 0 Å². The number of rotatable bonds is 6. The molecule has 0 bridgehead atoms. The van der Waals surface area contributed by atoms with Crippen molar-refractivity contribution >= 4 is 18.0 Å². The highest BCUT2D eigenvalue weighted by atomic mass is 16.6. The minimum atomic E-state index is -1.28. The highest BCUT2D eigenvalue weighted by Crippen LogP contribution is 2.02. The van der Waals surface area contributed by atoms with E-state index < -0.39 is 30.5 Å². The Morgan fingerprint density at radius 1 is 1.25 bits per heavy atom. The molecule has 7 heteroatoms. The van der Waals surface area contributed by atoms with Crippen LogP contribution in [0, 0.1) is 0 Å². The van der Waals surface area contributed by atoms with Gasteiger partial charge in [0.15, 0.2) is 0 Å². The Morgan fingerprint density at radius 3 is 2.45 bits per heavy atom. The van der Waals surface area contributed by atoms with E-state index in [1.165, 1.54) is 0 Å². The Kier molecular flexibility index (Phi) is 6.02. The van der Waals surface area contributed by atoms with E-state index in [9.17, 15) is 14.4 Å². The molecule has 1 unspecified atom stereocenters. The number of nitrogens with one attached hydrogen (secondary N) is 1. The highest BCUT2D eigenvalue weighted by Gasteiger charge is 2.25. The van der Waals surface area contributed by atoms with E-state index in [1.54, 1.807) is 24.3 Å². The third kappa shape index (κ3) is 5.38. The van der Waals surface area contributed by atoms with Gasteiger partial charge in [-0.25, -0.2) is 9.59 Å². The number of benzene rings is 1. The zero-order valence-electron chi connectivity index (χ0n) is 10.9. The van der Waals surface area contributed by atoms with Crippen molar-refractivity contribution in [3.05, 3.63) is 35.9 Å². The van der Waals surface area contributed by atoms with E-state index in [1.807, 2.05) is 6.07 Å². The van der Waals surface area contributed by atoms with Crippen molar-refractivity contribution in [2.24, 2.45) is 0 Å². The normalized spacial score (nSPS) is 11.2. The van der Waals surface area contributed by atoms with E-state index in [-0.39, 0.29) is 6.61 Å². The van der Waals surface area contributed by atoms with Gasteiger partial charge in [0.2, 0.25) is 0 Å². The largest absolute Gasteiger partial charge is 0.481 e. The summed E-state index contributed by atoms with van der Waals surface area (Å²) in [5.41, 5.74) is 0.774. The van der Waals surface area contributed by atoms with Gasteiger partial charge in [-0.3, -0.25) is 4.79 Å². The molecule has 2 N–H and O–H groups in total. The first-order valence-electron chi connectivity index (χ1n) is 5.79. The number of hydrogen-bond donors (Lipinski definition) is 2. The molecule has 0 fully saturated rings. The van der Waals surface area contributed by atoms with Crippen LogP contribution < -0.4 is 5.32 Å². The quantitative estimate of drug-likeness (QED) is 0.752. The predicted molar refractivity (Wildman–Crippen MR) is 67.8 cm³/mol. The molecule has 0 heterocycles. The number of carboxylic acid groups (broad SMARTS) is 1. The summed E-state index contributed by atoms with van der Waals surface area (Å²) in [6.45, 7) is 0.0215. The van der Waals surface area contributed by atoms with Gasteiger partial charge in [-0.15, -0.1) is 0 Å². The van der Waals surface area contributed by atoms with Crippen molar-refractivity contribution in [1.82, 2.24) is 5.32 Å². The van der Waals surface area contributed by atoms with Crippen molar-refractivity contribution in [2.75, 3.05) is 7.11 Å². The van der Waals surface area contributed by atoms with Gasteiger partial charge in [0.05, 0.1) is 13.5 Å². The molecule has 0 aliphatic heterocycles. The summed E-state index contributed by atoms with van der Waals surface area (Å²) in [5.74, 6) is -2.08. The van der Waals surface area contributed by atoms with Crippen molar-refractivity contribution in [3.8, 4) is 0 Å². The number of ether oxygens (including phenoxy) is 2. The second-order valence-corrected chi connectivity index (χ2v) is 3.88. The Balaban J connectivity index is 2.49. The van der Waals surface area contributed by atoms with Crippen molar-refractivity contribution < 1.29 is 29.0 Å². The van der Waals surface area contributed by atoms with E-state index in [4.69, 9.17) is 9.84 Å². The van der Waals surface area contributed by atoms with E-state index in [0.717, 1.165) is 12.7 Å². The fourth-order valence-electron chi connectivity index (χ4n) is 1.42. The first-order chi connectivity index (χ1) is 9.52. The third-order valence-corrected chi connectivity index (χ3v) is 2.37. The van der Waals surface area contributed by atoms with Crippen LogP contribution in [-0.4, -0.2) is 36.3 Å². The van der Waals surface area contributed by atoms with Crippen LogP contribution in [0.5, 0.6) is 0 Å². The zero-order valence-corrected chi connectivity index (χ0v) is 10.9. The number of carboxylic acids is 1. The molecule has 0 saturated carbocycles. The summed E-state index contributed by atoms with van der Waals surface area (Å²) in [5, 5.41) is 10.8. The van der Waals surface area contributed by atoms with Gasteiger partial charge in [0.1, 0.15) is 12.6 Å². The number of hydrogen-bond acceptors (Lipinski definition) is 5. The van der Waals surface area contributed by atoms with Gasteiger partial charge in [-0.2, -0.15) is 0 Å². The smallest absolute Gasteiger partial charge is 0.408 e. The monoisotopic (exact) mass is 281 g/mol. The molecular formula is C13H15NO6. The second-order valence-electron chi connectivity index (χ2n) is 3.88. The van der Waals surface area contributed by atoms with Gasteiger partial charge in [0.25, 0.3) is 0 Å². The van der Waals surface area contributed by atoms with E-state index in [2.05, 4.69) is 10.1 Å². The lowest BCUT2D eigenvalue weighted by Crippen LogP contribution is -2.43. The van der Waals surface area contributed by atoms with Crippen LogP contribution in [0.3, 0.4) is 0 Å². The first-order valence-corrected chi connectivity index (χ1v) is 5.79. The number of carbonyl (C=O) groups excluding carboxylic acids is 2. The molecule has 1 aromatic carbocycles. The summed E-state index contributed by atoms with van der Waals surface area (Å²) in [6.07, 6.45) is -1.46. The maximum Gasteiger partial charge on any atom is 0.408 e. The molecule has 7 nitrogen and oxygen atoms in total. The molecule has 1 rings (SSSR count). The second kappa shape index (κ2) is 7.78. The average Bonchev–Trinajstić information content (AvgIpc) is 2.44. The summed E-state index contributed by atoms with van der Waals surface area (Å²) in [6, 6.07) is 7.66. The maximum absolute atomic E-state index is 11.5. The fraction of sp³-hybridized carbons (Fsp3) is 0.308. The summed E-state index contributed by atoms with van der Waals surface area (Å²) < 4.78 is 9.29. The lowest BCUT2D eigenvalue weighted by Gasteiger charge is -2.14. The minimum Gasteiger partial charge on any atom is -0.481 e. The molecule has 0 aliphatic carbocycles. The third-order valence-electron chi connectivity index (χ3n) is 2.37.